The summed E-state index contributed by atoms with van der Waals surface area (Å²) >= 11 is 0. The fourth-order valence-electron chi connectivity index (χ4n) is 5.22. The van der Waals surface area contributed by atoms with Gasteiger partial charge in [-0.25, -0.2) is 10.4 Å². The van der Waals surface area contributed by atoms with Gasteiger partial charge in [-0.3, -0.25) is 24.2 Å². The van der Waals surface area contributed by atoms with Crippen molar-refractivity contribution in [3.8, 4) is 0 Å². The van der Waals surface area contributed by atoms with Crippen LogP contribution in [0.5, 0.6) is 0 Å². The molecule has 11 nitrogen and oxygen atoms in total. The molecule has 1 fully saturated rings. The Hall–Kier alpha value is -3.83. The summed E-state index contributed by atoms with van der Waals surface area (Å²) < 4.78 is 11.1. The van der Waals surface area contributed by atoms with Crippen LogP contribution in [-0.2, 0) is 28.7 Å². The summed E-state index contributed by atoms with van der Waals surface area (Å²) in [5, 5.41) is 7.96. The fourth-order valence-corrected chi connectivity index (χ4v) is 5.22. The van der Waals surface area contributed by atoms with Crippen molar-refractivity contribution < 1.29 is 28.7 Å². The standard InChI is InChI=1S/C32H43N5O6/c1-19(2)27-28(38)33-20(3)29(39)37-16-7-8-25(36-37)30(40)43-21(4)24-12-11-23-10-9-22(18-26(23)34-24)13-14-32(5,15-17-42-6)31(41)35-27/h9-14,18-21,25,27,36H,7-8,15-17H2,1-6H3,(H,33,38)(H,35,41)/b14-13+/t20-,21+,25-,27?,32?/m0/s1. The van der Waals surface area contributed by atoms with Crippen molar-refractivity contribution in [3.05, 3.63) is 47.7 Å². The minimum absolute atomic E-state index is 0.251. The first-order chi connectivity index (χ1) is 20.4. The van der Waals surface area contributed by atoms with E-state index in [0.29, 0.717) is 38.1 Å². The third-order valence-electron chi connectivity index (χ3n) is 8.14. The first-order valence-corrected chi connectivity index (χ1v) is 14.9. The molecular formula is C32H43N5O6. The van der Waals surface area contributed by atoms with Gasteiger partial charge in [0.2, 0.25) is 11.8 Å². The van der Waals surface area contributed by atoms with Crippen LogP contribution < -0.4 is 16.1 Å². The molecule has 11 heteroatoms. The molecule has 5 bridgehead atoms. The van der Waals surface area contributed by atoms with Gasteiger partial charge in [0.1, 0.15) is 24.2 Å². The first-order valence-electron chi connectivity index (χ1n) is 14.9. The lowest BCUT2D eigenvalue weighted by Gasteiger charge is -2.35. The van der Waals surface area contributed by atoms with E-state index < -0.39 is 47.4 Å². The molecule has 0 spiro atoms. The number of benzene rings is 1. The Balaban J connectivity index is 1.74. The van der Waals surface area contributed by atoms with Crippen molar-refractivity contribution in [3.63, 3.8) is 0 Å². The van der Waals surface area contributed by atoms with Gasteiger partial charge in [-0.05, 0) is 63.6 Å². The van der Waals surface area contributed by atoms with E-state index in [2.05, 4.69) is 16.1 Å². The highest BCUT2D eigenvalue weighted by Crippen LogP contribution is 2.28. The minimum Gasteiger partial charge on any atom is -0.455 e. The quantitative estimate of drug-likeness (QED) is 0.460. The Morgan fingerprint density at radius 2 is 1.86 bits per heavy atom. The van der Waals surface area contributed by atoms with Crippen LogP contribution in [0.1, 0.15) is 71.2 Å². The Morgan fingerprint density at radius 3 is 2.58 bits per heavy atom. The lowest BCUT2D eigenvalue weighted by molar-refractivity contribution is -0.157. The van der Waals surface area contributed by atoms with Gasteiger partial charge >= 0.3 is 5.97 Å². The number of carbonyl (C=O) groups is 4. The van der Waals surface area contributed by atoms with Crippen LogP contribution >= 0.6 is 0 Å². The van der Waals surface area contributed by atoms with Gasteiger partial charge < -0.3 is 20.1 Å². The van der Waals surface area contributed by atoms with E-state index in [4.69, 9.17) is 14.5 Å². The maximum atomic E-state index is 13.7. The summed E-state index contributed by atoms with van der Waals surface area (Å²) in [7, 11) is 1.58. The topological polar surface area (TPSA) is 139 Å². The molecule has 3 heterocycles. The first kappa shape index (κ1) is 32.1. The maximum absolute atomic E-state index is 13.7. The van der Waals surface area contributed by atoms with Crippen LogP contribution in [0.3, 0.4) is 0 Å². The second kappa shape index (κ2) is 13.6. The Bertz CT molecular complexity index is 1390. The number of amides is 3. The molecule has 4 rings (SSSR count). The largest absolute Gasteiger partial charge is 0.455 e. The van der Waals surface area contributed by atoms with Gasteiger partial charge in [-0.15, -0.1) is 0 Å². The van der Waals surface area contributed by atoms with E-state index in [9.17, 15) is 19.2 Å². The SMILES string of the molecule is COCCC1(C)/C=C/c2ccc3ccc(nc3c2)[C@@H](C)OC(=O)[C@@H]2CCCN(N2)C(=O)[C@H](C)NC(=O)C(C(C)C)NC1=O. The summed E-state index contributed by atoms with van der Waals surface area (Å²) in [5.41, 5.74) is 4.13. The van der Waals surface area contributed by atoms with Gasteiger partial charge in [-0.1, -0.05) is 44.2 Å². The second-order valence-corrected chi connectivity index (χ2v) is 12.0. The highest BCUT2D eigenvalue weighted by Gasteiger charge is 2.37. The molecule has 1 aromatic heterocycles. The zero-order valence-electron chi connectivity index (χ0n) is 25.8. The third-order valence-corrected chi connectivity index (χ3v) is 8.14. The van der Waals surface area contributed by atoms with Crippen molar-refractivity contribution >= 4 is 40.7 Å². The van der Waals surface area contributed by atoms with Gasteiger partial charge in [0.05, 0.1) is 16.6 Å². The molecule has 232 valence electrons. The summed E-state index contributed by atoms with van der Waals surface area (Å²) in [6.07, 6.45) is 4.53. The lowest BCUT2D eigenvalue weighted by atomic mass is 9.84. The van der Waals surface area contributed by atoms with Crippen LogP contribution in [0, 0.1) is 11.3 Å². The number of carbonyl (C=O) groups excluding carboxylic acids is 4. The fraction of sp³-hybridized carbons (Fsp3) is 0.531. The molecular weight excluding hydrogens is 550 g/mol. The molecule has 0 saturated carbocycles. The highest BCUT2D eigenvalue weighted by molar-refractivity contribution is 5.94. The van der Waals surface area contributed by atoms with Crippen molar-refractivity contribution in [2.75, 3.05) is 20.3 Å². The van der Waals surface area contributed by atoms with Crippen molar-refractivity contribution in [2.24, 2.45) is 11.3 Å². The molecule has 1 saturated heterocycles. The molecule has 2 aliphatic rings. The number of aromatic nitrogens is 1. The van der Waals surface area contributed by atoms with Crippen LogP contribution in [0.25, 0.3) is 17.0 Å². The molecule has 2 aromatic rings. The molecule has 0 aliphatic carbocycles. The number of ether oxygens (including phenoxy) is 2. The zero-order chi connectivity index (χ0) is 31.3. The number of methoxy groups -OCH3 is 1. The number of hydrogen-bond donors (Lipinski definition) is 3. The van der Waals surface area contributed by atoms with E-state index in [1.807, 2.05) is 56.3 Å². The summed E-state index contributed by atoms with van der Waals surface area (Å²) in [5.74, 6) is -1.92. The summed E-state index contributed by atoms with van der Waals surface area (Å²) in [4.78, 5) is 58.3. The molecule has 3 N–H and O–H groups in total. The molecule has 2 aliphatic heterocycles. The average Bonchev–Trinajstić information content (AvgIpc) is 2.99. The Kier molecular flexibility index (Phi) is 10.2. The summed E-state index contributed by atoms with van der Waals surface area (Å²) in [6.45, 7) is 9.53. The van der Waals surface area contributed by atoms with Crippen LogP contribution in [-0.4, -0.2) is 72.1 Å². The number of pyridine rings is 1. The smallest absolute Gasteiger partial charge is 0.325 e. The Labute approximate surface area is 252 Å². The molecule has 0 radical (unpaired) electrons. The number of cyclic esters (lactones) is 1. The van der Waals surface area contributed by atoms with E-state index in [1.54, 1.807) is 27.9 Å². The van der Waals surface area contributed by atoms with Gasteiger partial charge in [0, 0.05) is 25.6 Å². The number of nitrogens with zero attached hydrogens (tertiary/aromatic N) is 2. The number of hydrazine groups is 1. The van der Waals surface area contributed by atoms with Gasteiger partial charge in [-0.2, -0.15) is 0 Å². The Morgan fingerprint density at radius 1 is 1.12 bits per heavy atom. The normalized spacial score (nSPS) is 28.4. The van der Waals surface area contributed by atoms with Crippen LogP contribution in [0.4, 0.5) is 0 Å². The predicted molar refractivity (Wildman–Crippen MR) is 162 cm³/mol. The van der Waals surface area contributed by atoms with Crippen molar-refractivity contribution in [2.45, 2.75) is 78.1 Å². The summed E-state index contributed by atoms with van der Waals surface area (Å²) in [6, 6.07) is 7.06. The van der Waals surface area contributed by atoms with Crippen molar-refractivity contribution in [1.29, 1.82) is 0 Å². The monoisotopic (exact) mass is 593 g/mol. The molecule has 3 amide bonds. The maximum Gasteiger partial charge on any atom is 0.325 e. The molecule has 43 heavy (non-hydrogen) atoms. The highest BCUT2D eigenvalue weighted by atomic mass is 16.5. The number of rotatable bonds is 4. The minimum atomic E-state index is -0.997. The van der Waals surface area contributed by atoms with E-state index in [0.717, 1.165) is 16.5 Å². The van der Waals surface area contributed by atoms with E-state index in [-0.39, 0.29) is 11.8 Å². The number of nitrogens with one attached hydrogen (secondary N) is 3. The van der Waals surface area contributed by atoms with Gasteiger partial charge in [0.25, 0.3) is 5.91 Å². The number of esters is 1. The lowest BCUT2D eigenvalue weighted by Crippen LogP contribution is -2.61. The van der Waals surface area contributed by atoms with Crippen molar-refractivity contribution in [1.82, 2.24) is 26.1 Å². The van der Waals surface area contributed by atoms with E-state index in [1.165, 1.54) is 5.01 Å². The molecule has 1 aromatic carbocycles. The predicted octanol–water partition coefficient (Wildman–Crippen LogP) is 3.05. The average molecular weight is 594 g/mol. The third kappa shape index (κ3) is 7.58. The number of hydrogen-bond acceptors (Lipinski definition) is 8. The van der Waals surface area contributed by atoms with Crippen LogP contribution in [0.15, 0.2) is 36.4 Å². The molecule has 5 atom stereocenters. The number of fused-ring (bicyclic) bond motifs is 4. The zero-order valence-corrected chi connectivity index (χ0v) is 25.8. The molecule has 2 unspecified atom stereocenters. The van der Waals surface area contributed by atoms with Crippen LogP contribution in [0.2, 0.25) is 0 Å². The second-order valence-electron chi connectivity index (χ2n) is 12.0. The van der Waals surface area contributed by atoms with Gasteiger partial charge in [0.15, 0.2) is 0 Å². The van der Waals surface area contributed by atoms with E-state index >= 15 is 0 Å².